The molecular weight excluding hydrogens is 348 g/mol. The van der Waals surface area contributed by atoms with Gasteiger partial charge in [-0.15, -0.1) is 0 Å². The number of benzene rings is 1. The SMILES string of the molecule is CC(C)Oc1ccc2[nH]cc(CCN(C)C)c2c1Cl.O=C(O)C(=O)O. The molecule has 1 aromatic carbocycles. The average molecular weight is 371 g/mol. The van der Waals surface area contributed by atoms with Crippen LogP contribution in [-0.2, 0) is 16.0 Å². The number of rotatable bonds is 5. The highest BCUT2D eigenvalue weighted by Gasteiger charge is 2.13. The number of ether oxygens (including phenoxy) is 1. The van der Waals surface area contributed by atoms with E-state index in [1.165, 1.54) is 5.56 Å². The zero-order chi connectivity index (χ0) is 19.1. The Balaban J connectivity index is 0.000000450. The average Bonchev–Trinajstić information content (AvgIpc) is 2.92. The summed E-state index contributed by atoms with van der Waals surface area (Å²) in [6, 6.07) is 3.95. The lowest BCUT2D eigenvalue weighted by Gasteiger charge is -2.13. The van der Waals surface area contributed by atoms with Gasteiger partial charge in [0.25, 0.3) is 0 Å². The first-order valence-corrected chi connectivity index (χ1v) is 8.07. The molecule has 8 heteroatoms. The van der Waals surface area contributed by atoms with Gasteiger partial charge in [0.1, 0.15) is 5.75 Å². The molecule has 0 atom stereocenters. The Morgan fingerprint density at radius 3 is 2.32 bits per heavy atom. The van der Waals surface area contributed by atoms with E-state index in [4.69, 9.17) is 36.1 Å². The van der Waals surface area contributed by atoms with Crippen LogP contribution in [0.4, 0.5) is 0 Å². The van der Waals surface area contributed by atoms with Gasteiger partial charge in [-0.3, -0.25) is 0 Å². The lowest BCUT2D eigenvalue weighted by Crippen LogP contribution is -2.14. The van der Waals surface area contributed by atoms with Crippen LogP contribution in [0.3, 0.4) is 0 Å². The molecule has 2 aromatic rings. The van der Waals surface area contributed by atoms with Crippen molar-refractivity contribution in [3.63, 3.8) is 0 Å². The fraction of sp³-hybridized carbons (Fsp3) is 0.412. The summed E-state index contributed by atoms with van der Waals surface area (Å²) in [5.41, 5.74) is 2.30. The van der Waals surface area contributed by atoms with E-state index in [1.807, 2.05) is 32.2 Å². The van der Waals surface area contributed by atoms with Crippen LogP contribution in [0.25, 0.3) is 10.9 Å². The molecule has 7 nitrogen and oxygen atoms in total. The zero-order valence-electron chi connectivity index (χ0n) is 14.7. The van der Waals surface area contributed by atoms with Crippen molar-refractivity contribution in [1.82, 2.24) is 9.88 Å². The second-order valence-corrected chi connectivity index (χ2v) is 6.32. The van der Waals surface area contributed by atoms with Gasteiger partial charge in [0.15, 0.2) is 0 Å². The van der Waals surface area contributed by atoms with Gasteiger partial charge in [0, 0.05) is 23.6 Å². The topological polar surface area (TPSA) is 103 Å². The van der Waals surface area contributed by atoms with Gasteiger partial charge in [-0.25, -0.2) is 9.59 Å². The lowest BCUT2D eigenvalue weighted by atomic mass is 10.1. The molecule has 0 amide bonds. The van der Waals surface area contributed by atoms with Crippen LogP contribution >= 0.6 is 11.6 Å². The van der Waals surface area contributed by atoms with Crippen LogP contribution < -0.4 is 4.74 Å². The van der Waals surface area contributed by atoms with E-state index >= 15 is 0 Å². The van der Waals surface area contributed by atoms with E-state index in [-0.39, 0.29) is 6.10 Å². The Kier molecular flexibility index (Phi) is 7.73. The van der Waals surface area contributed by atoms with Crippen LogP contribution in [0.5, 0.6) is 5.75 Å². The van der Waals surface area contributed by atoms with E-state index in [0.717, 1.165) is 29.6 Å². The quantitative estimate of drug-likeness (QED) is 0.699. The Morgan fingerprint density at radius 2 is 1.84 bits per heavy atom. The van der Waals surface area contributed by atoms with Crippen molar-refractivity contribution < 1.29 is 24.5 Å². The number of carboxylic acids is 2. The number of nitrogens with one attached hydrogen (secondary N) is 1. The number of hydrogen-bond donors (Lipinski definition) is 3. The first-order chi connectivity index (χ1) is 11.6. The summed E-state index contributed by atoms with van der Waals surface area (Å²) >= 11 is 6.49. The Bertz CT molecular complexity index is 728. The first-order valence-electron chi connectivity index (χ1n) is 7.69. The minimum absolute atomic E-state index is 0.124. The molecule has 0 aliphatic rings. The number of H-pyrrole nitrogens is 1. The summed E-state index contributed by atoms with van der Waals surface area (Å²) in [4.78, 5) is 23.6. The molecule has 2 rings (SSSR count). The molecule has 0 unspecified atom stereocenters. The maximum Gasteiger partial charge on any atom is 0.414 e. The van der Waals surface area contributed by atoms with Crippen molar-refractivity contribution in [3.8, 4) is 5.75 Å². The summed E-state index contributed by atoms with van der Waals surface area (Å²) < 4.78 is 5.75. The fourth-order valence-corrected chi connectivity index (χ4v) is 2.45. The van der Waals surface area contributed by atoms with E-state index in [0.29, 0.717) is 5.02 Å². The molecule has 25 heavy (non-hydrogen) atoms. The Labute approximate surface area is 151 Å². The van der Waals surface area contributed by atoms with Gasteiger partial charge < -0.3 is 24.8 Å². The summed E-state index contributed by atoms with van der Waals surface area (Å²) in [6.07, 6.45) is 3.14. The predicted octanol–water partition coefficient (Wildman–Crippen LogP) is 2.87. The van der Waals surface area contributed by atoms with E-state index in [2.05, 4.69) is 24.0 Å². The number of fused-ring (bicyclic) bond motifs is 1. The normalized spacial score (nSPS) is 10.7. The minimum atomic E-state index is -1.82. The van der Waals surface area contributed by atoms with Gasteiger partial charge in [0.2, 0.25) is 0 Å². The lowest BCUT2D eigenvalue weighted by molar-refractivity contribution is -0.159. The molecule has 3 N–H and O–H groups in total. The largest absolute Gasteiger partial charge is 0.489 e. The minimum Gasteiger partial charge on any atom is -0.489 e. The molecule has 0 saturated heterocycles. The third-order valence-corrected chi connectivity index (χ3v) is 3.58. The number of carboxylic acid groups (broad SMARTS) is 2. The molecule has 0 fully saturated rings. The van der Waals surface area contributed by atoms with Crippen molar-refractivity contribution in [1.29, 1.82) is 0 Å². The monoisotopic (exact) mass is 370 g/mol. The second kappa shape index (κ2) is 9.29. The van der Waals surface area contributed by atoms with Crippen LogP contribution in [0.1, 0.15) is 19.4 Å². The van der Waals surface area contributed by atoms with Crippen molar-refractivity contribution in [2.75, 3.05) is 20.6 Å². The number of halogens is 1. The number of aliphatic carboxylic acids is 2. The van der Waals surface area contributed by atoms with Gasteiger partial charge >= 0.3 is 11.9 Å². The third-order valence-electron chi connectivity index (χ3n) is 3.20. The van der Waals surface area contributed by atoms with Gasteiger partial charge in [-0.1, -0.05) is 11.6 Å². The molecule has 1 heterocycles. The summed E-state index contributed by atoms with van der Waals surface area (Å²) in [5.74, 6) is -2.89. The second-order valence-electron chi connectivity index (χ2n) is 5.94. The predicted molar refractivity (Wildman–Crippen MR) is 96.6 cm³/mol. The van der Waals surface area contributed by atoms with Crippen molar-refractivity contribution in [2.24, 2.45) is 0 Å². The highest BCUT2D eigenvalue weighted by molar-refractivity contribution is 6.37. The van der Waals surface area contributed by atoms with Crippen molar-refractivity contribution in [2.45, 2.75) is 26.4 Å². The van der Waals surface area contributed by atoms with Crippen LogP contribution in [0.2, 0.25) is 5.02 Å². The van der Waals surface area contributed by atoms with E-state index < -0.39 is 11.9 Å². The molecular formula is C17H23ClN2O5. The van der Waals surface area contributed by atoms with E-state index in [1.54, 1.807) is 0 Å². The molecule has 0 radical (unpaired) electrons. The number of hydrogen-bond acceptors (Lipinski definition) is 4. The Morgan fingerprint density at radius 1 is 1.24 bits per heavy atom. The molecule has 0 spiro atoms. The molecule has 0 saturated carbocycles. The molecule has 138 valence electrons. The maximum absolute atomic E-state index is 9.10. The number of aromatic nitrogens is 1. The van der Waals surface area contributed by atoms with Crippen molar-refractivity contribution in [3.05, 3.63) is 28.9 Å². The maximum atomic E-state index is 9.10. The highest BCUT2D eigenvalue weighted by atomic mass is 35.5. The highest BCUT2D eigenvalue weighted by Crippen LogP contribution is 2.35. The summed E-state index contributed by atoms with van der Waals surface area (Å²) in [6.45, 7) is 5.01. The fourth-order valence-electron chi connectivity index (χ4n) is 2.11. The van der Waals surface area contributed by atoms with Crippen LogP contribution in [-0.4, -0.2) is 58.8 Å². The number of carbonyl (C=O) groups is 2. The van der Waals surface area contributed by atoms with Crippen LogP contribution in [0.15, 0.2) is 18.3 Å². The smallest absolute Gasteiger partial charge is 0.414 e. The Hall–Kier alpha value is -2.25. The summed E-state index contributed by atoms with van der Waals surface area (Å²) in [7, 11) is 4.15. The van der Waals surface area contributed by atoms with E-state index in [9.17, 15) is 0 Å². The van der Waals surface area contributed by atoms with Gasteiger partial charge in [-0.05, 0) is 52.1 Å². The number of aromatic amines is 1. The molecule has 0 aliphatic carbocycles. The van der Waals surface area contributed by atoms with Crippen LogP contribution in [0, 0.1) is 0 Å². The van der Waals surface area contributed by atoms with Gasteiger partial charge in [0.05, 0.1) is 11.1 Å². The molecule has 0 bridgehead atoms. The number of likely N-dealkylation sites (N-methyl/N-ethyl adjacent to an activating group) is 1. The molecule has 1 aromatic heterocycles. The van der Waals surface area contributed by atoms with Crippen molar-refractivity contribution >= 4 is 34.4 Å². The third kappa shape index (κ3) is 6.28. The van der Waals surface area contributed by atoms with Gasteiger partial charge in [-0.2, -0.15) is 0 Å². The standard InChI is InChI=1S/C15H21ClN2O.C2H2O4/c1-10(2)19-13-6-5-12-14(15(13)16)11(9-17-12)7-8-18(3)4;3-1(4)2(5)6/h5-6,9-10,17H,7-8H2,1-4H3;(H,3,4)(H,5,6). The summed E-state index contributed by atoms with van der Waals surface area (Å²) in [5, 5.41) is 16.6. The zero-order valence-corrected chi connectivity index (χ0v) is 15.4. The number of nitrogens with zero attached hydrogens (tertiary/aromatic N) is 1. The molecule has 0 aliphatic heterocycles. The first kappa shape index (κ1) is 20.8.